The fraction of sp³-hybridized carbons (Fsp3) is 0.524. The van der Waals surface area contributed by atoms with Gasteiger partial charge in [-0.2, -0.15) is 9.97 Å². The van der Waals surface area contributed by atoms with Crippen LogP contribution >= 0.6 is 7.82 Å². The molecule has 21 nitrogen and oxygen atoms in total. The van der Waals surface area contributed by atoms with E-state index in [9.17, 15) is 34.2 Å². The lowest BCUT2D eigenvalue weighted by Gasteiger charge is -2.36. The zero-order chi connectivity index (χ0) is 30.8. The molecular weight excluding hydrogens is 599 g/mol. The van der Waals surface area contributed by atoms with Crippen LogP contribution < -0.4 is 27.5 Å². The monoisotopic (exact) mass is 625 g/mol. The molecule has 6 heterocycles. The number of aliphatic hydroxyl groups excluding tert-OH is 2. The van der Waals surface area contributed by atoms with Gasteiger partial charge in [0.1, 0.15) is 30.1 Å². The largest absolute Gasteiger partial charge is 0.756 e. The number of hydrogen-bond donors (Lipinski definition) is 7. The number of aromatic amines is 2. The van der Waals surface area contributed by atoms with Gasteiger partial charge in [-0.25, -0.2) is 9.97 Å². The maximum atomic E-state index is 12.3. The summed E-state index contributed by atoms with van der Waals surface area (Å²) in [7, 11) is -4.09. The van der Waals surface area contributed by atoms with Gasteiger partial charge in [-0.15, -0.1) is 0 Å². The van der Waals surface area contributed by atoms with Gasteiger partial charge in [-0.3, -0.25) is 33.3 Å². The third kappa shape index (κ3) is 4.99. The van der Waals surface area contributed by atoms with Crippen molar-refractivity contribution >= 4 is 42.0 Å². The number of phosphoric ester groups is 1. The Kier molecular flexibility index (Phi) is 7.11. The molecule has 0 aromatic carbocycles. The Morgan fingerprint density at radius 3 is 2.28 bits per heavy atom. The van der Waals surface area contributed by atoms with E-state index >= 15 is 0 Å². The standard InChI is InChI=1S/C21H27N10O11P/c1-39-13-12(33)7(40-18(13)31-6-25-11-15(31)27-20(23)29-17(11)35)3-21(4-32)8(42-43(36,37)38)2-9(41-21)30-5-24-10-14(30)26-19(22)28-16(10)34/h5-9,12-13,18,32-33H,2-4H2,1H3,(H2,36,37,38)(H3,22,26,28,34)(H3,23,27,29,35)/p-1/t7-,8+,9-,12-,13-,18-,21-/m1/s1. The van der Waals surface area contributed by atoms with Crippen LogP contribution in [0.1, 0.15) is 25.3 Å². The summed E-state index contributed by atoms with van der Waals surface area (Å²) in [6.45, 7) is -0.868. The molecule has 2 aliphatic heterocycles. The summed E-state index contributed by atoms with van der Waals surface area (Å²) in [5.41, 5.74) is 8.12. The third-order valence-corrected chi connectivity index (χ3v) is 8.04. The smallest absolute Gasteiger partial charge is 0.280 e. The minimum atomic E-state index is -5.39. The molecule has 2 aliphatic rings. The zero-order valence-corrected chi connectivity index (χ0v) is 23.0. The number of phosphoric acid groups is 1. The highest BCUT2D eigenvalue weighted by molar-refractivity contribution is 7.44. The number of aliphatic hydroxyl groups is 2. The molecular formula is C21H26N10O11P-. The van der Waals surface area contributed by atoms with E-state index in [4.69, 9.17) is 30.2 Å². The lowest BCUT2D eigenvalue weighted by molar-refractivity contribution is -0.232. The number of imidazole rings is 2. The van der Waals surface area contributed by atoms with Crippen LogP contribution in [0, 0.1) is 0 Å². The molecule has 22 heteroatoms. The second-order valence-electron chi connectivity index (χ2n) is 10.1. The van der Waals surface area contributed by atoms with Crippen LogP contribution in [-0.2, 0) is 23.3 Å². The van der Waals surface area contributed by atoms with Crippen LogP contribution in [0.3, 0.4) is 0 Å². The van der Waals surface area contributed by atoms with E-state index in [1.165, 1.54) is 28.9 Å². The molecule has 0 saturated carbocycles. The van der Waals surface area contributed by atoms with Crippen LogP contribution in [0.25, 0.3) is 22.3 Å². The SMILES string of the molecule is CO[C@@H]1[C@H](O)[C@@H](C[C@]2(CO)O[C@@H](n3cnc4c(=O)[nH]c(N)nc43)C[C@@H]2OP(=O)([O-])O)O[C@H]1n1cnc2c(=O)[nH]c(N)nc21. The number of nitrogens with zero attached hydrogens (tertiary/aromatic N) is 6. The number of anilines is 2. The minimum Gasteiger partial charge on any atom is -0.756 e. The number of nitrogens with two attached hydrogens (primary N) is 2. The number of aromatic nitrogens is 8. The predicted molar refractivity (Wildman–Crippen MR) is 140 cm³/mol. The van der Waals surface area contributed by atoms with E-state index in [0.29, 0.717) is 0 Å². The first-order valence-electron chi connectivity index (χ1n) is 12.7. The van der Waals surface area contributed by atoms with Gasteiger partial charge in [0.15, 0.2) is 28.6 Å². The van der Waals surface area contributed by atoms with Crippen molar-refractivity contribution in [3.05, 3.63) is 33.4 Å². The molecule has 4 aromatic heterocycles. The number of hydrogen-bond acceptors (Lipinski definition) is 16. The highest BCUT2D eigenvalue weighted by atomic mass is 31.2. The van der Waals surface area contributed by atoms with Crippen LogP contribution in [0.5, 0.6) is 0 Å². The van der Waals surface area contributed by atoms with Crippen LogP contribution in [-0.4, -0.2) is 97.9 Å². The van der Waals surface area contributed by atoms with E-state index in [1.807, 2.05) is 0 Å². The van der Waals surface area contributed by atoms with Crippen molar-refractivity contribution in [2.75, 3.05) is 25.2 Å². The average Bonchev–Trinajstić information content (AvgIpc) is 3.68. The first kappa shape index (κ1) is 29.3. The Morgan fingerprint density at radius 1 is 1.14 bits per heavy atom. The Labute approximate surface area is 238 Å². The van der Waals surface area contributed by atoms with Crippen molar-refractivity contribution < 1.29 is 43.3 Å². The quantitative estimate of drug-likeness (QED) is 0.0937. The van der Waals surface area contributed by atoms with Crippen molar-refractivity contribution in [2.45, 2.75) is 55.3 Å². The van der Waals surface area contributed by atoms with Crippen molar-refractivity contribution in [1.82, 2.24) is 39.0 Å². The van der Waals surface area contributed by atoms with Gasteiger partial charge >= 0.3 is 0 Å². The van der Waals surface area contributed by atoms with E-state index in [0.717, 1.165) is 0 Å². The molecule has 4 aromatic rings. The molecule has 8 atom stereocenters. The Balaban J connectivity index is 1.35. The molecule has 1 unspecified atom stereocenters. The molecule has 0 amide bonds. The van der Waals surface area contributed by atoms with Crippen LogP contribution in [0.4, 0.5) is 11.9 Å². The van der Waals surface area contributed by atoms with Crippen molar-refractivity contribution in [3.8, 4) is 0 Å². The maximum absolute atomic E-state index is 12.3. The van der Waals surface area contributed by atoms with Gasteiger partial charge < -0.3 is 50.2 Å². The first-order valence-corrected chi connectivity index (χ1v) is 14.2. The van der Waals surface area contributed by atoms with Gasteiger partial charge in [0.2, 0.25) is 11.9 Å². The lowest BCUT2D eigenvalue weighted by Crippen LogP contribution is -2.49. The Morgan fingerprint density at radius 2 is 1.72 bits per heavy atom. The molecule has 6 rings (SSSR count). The van der Waals surface area contributed by atoms with E-state index in [2.05, 4.69) is 29.9 Å². The van der Waals surface area contributed by atoms with Crippen LogP contribution in [0.15, 0.2) is 22.2 Å². The number of fused-ring (bicyclic) bond motifs is 2. The summed E-state index contributed by atoms with van der Waals surface area (Å²) in [5.74, 6) is -0.411. The lowest BCUT2D eigenvalue weighted by atomic mass is 9.89. The summed E-state index contributed by atoms with van der Waals surface area (Å²) < 4.78 is 37.2. The number of nitrogen functional groups attached to an aromatic ring is 2. The van der Waals surface area contributed by atoms with Crippen molar-refractivity contribution in [1.29, 1.82) is 0 Å². The van der Waals surface area contributed by atoms with Gasteiger partial charge in [0, 0.05) is 20.0 Å². The number of ether oxygens (including phenoxy) is 3. The Bertz CT molecular complexity index is 1850. The first-order chi connectivity index (χ1) is 20.3. The Hall–Kier alpha value is -3.79. The van der Waals surface area contributed by atoms with E-state index < -0.39 is 74.4 Å². The number of nitrogens with one attached hydrogen (secondary N) is 2. The molecule has 232 valence electrons. The van der Waals surface area contributed by atoms with Crippen LogP contribution in [0.2, 0.25) is 0 Å². The average molecular weight is 625 g/mol. The normalized spacial score (nSPS) is 30.8. The summed E-state index contributed by atoms with van der Waals surface area (Å²) in [4.78, 5) is 66.8. The van der Waals surface area contributed by atoms with Gasteiger partial charge in [-0.05, 0) is 0 Å². The molecule has 0 bridgehead atoms. The third-order valence-electron chi connectivity index (χ3n) is 7.52. The fourth-order valence-electron chi connectivity index (χ4n) is 5.64. The molecule has 0 aliphatic carbocycles. The molecule has 9 N–H and O–H groups in total. The van der Waals surface area contributed by atoms with Gasteiger partial charge in [0.25, 0.3) is 18.9 Å². The summed E-state index contributed by atoms with van der Waals surface area (Å²) in [5, 5.41) is 21.8. The summed E-state index contributed by atoms with van der Waals surface area (Å²) in [6.07, 6.45) is -5.67. The maximum Gasteiger partial charge on any atom is 0.280 e. The molecule has 2 fully saturated rings. The summed E-state index contributed by atoms with van der Waals surface area (Å²) in [6, 6.07) is 0. The highest BCUT2D eigenvalue weighted by Crippen LogP contribution is 2.49. The van der Waals surface area contributed by atoms with E-state index in [-0.39, 0.29) is 40.6 Å². The predicted octanol–water partition coefficient (Wildman–Crippen LogP) is -3.42. The highest BCUT2D eigenvalue weighted by Gasteiger charge is 2.56. The topological polar surface area (TPSA) is 317 Å². The molecule has 43 heavy (non-hydrogen) atoms. The van der Waals surface area contributed by atoms with Crippen molar-refractivity contribution in [3.63, 3.8) is 0 Å². The minimum absolute atomic E-state index is 0.00143. The molecule has 0 spiro atoms. The molecule has 0 radical (unpaired) electrons. The van der Waals surface area contributed by atoms with Crippen molar-refractivity contribution in [2.24, 2.45) is 0 Å². The second-order valence-corrected chi connectivity index (χ2v) is 11.3. The number of methoxy groups -OCH3 is 1. The van der Waals surface area contributed by atoms with Gasteiger partial charge in [0.05, 0.1) is 25.4 Å². The molecule has 2 saturated heterocycles. The zero-order valence-electron chi connectivity index (χ0n) is 22.1. The second kappa shape index (κ2) is 10.4. The number of H-pyrrole nitrogens is 2. The van der Waals surface area contributed by atoms with E-state index in [1.54, 1.807) is 0 Å². The van der Waals surface area contributed by atoms with Gasteiger partial charge in [-0.1, -0.05) is 0 Å². The summed E-state index contributed by atoms with van der Waals surface area (Å²) >= 11 is 0. The number of rotatable bonds is 8. The fourth-order valence-corrected chi connectivity index (χ4v) is 6.24.